The predicted octanol–water partition coefficient (Wildman–Crippen LogP) is 1.21. The van der Waals surface area contributed by atoms with E-state index in [1.165, 1.54) is 19.1 Å². The van der Waals surface area contributed by atoms with Crippen molar-refractivity contribution in [2.75, 3.05) is 11.5 Å². The number of aromatic nitrogens is 2. The maximum atomic E-state index is 11.3. The van der Waals surface area contributed by atoms with Gasteiger partial charge < -0.3 is 16.6 Å². The van der Waals surface area contributed by atoms with E-state index in [1.807, 2.05) is 0 Å². The van der Waals surface area contributed by atoms with Crippen LogP contribution in [0.15, 0.2) is 24.3 Å². The highest BCUT2D eigenvalue weighted by atomic mass is 16.4. The molecule has 0 atom stereocenters. The third-order valence-electron chi connectivity index (χ3n) is 2.69. The van der Waals surface area contributed by atoms with E-state index in [4.69, 9.17) is 16.6 Å². The van der Waals surface area contributed by atoms with Crippen LogP contribution in [0, 0.1) is 0 Å². The lowest BCUT2D eigenvalue weighted by molar-refractivity contribution is 0.0696. The van der Waals surface area contributed by atoms with E-state index < -0.39 is 5.97 Å². The number of nitrogens with zero attached hydrogens (tertiary/aromatic N) is 2. The van der Waals surface area contributed by atoms with Crippen molar-refractivity contribution >= 4 is 23.4 Å². The van der Waals surface area contributed by atoms with Crippen molar-refractivity contribution in [3.05, 3.63) is 35.5 Å². The number of anilines is 2. The van der Waals surface area contributed by atoms with E-state index in [0.29, 0.717) is 11.3 Å². The van der Waals surface area contributed by atoms with Crippen LogP contribution in [0.5, 0.6) is 0 Å². The Labute approximate surface area is 114 Å². The molecule has 0 aliphatic rings. The van der Waals surface area contributed by atoms with Crippen LogP contribution >= 0.6 is 0 Å². The molecule has 0 radical (unpaired) electrons. The number of nitrogens with two attached hydrogens (primary N) is 2. The van der Waals surface area contributed by atoms with Crippen LogP contribution in [0.3, 0.4) is 0 Å². The molecule has 0 aliphatic heterocycles. The maximum Gasteiger partial charge on any atom is 0.335 e. The van der Waals surface area contributed by atoms with E-state index in [1.54, 1.807) is 12.1 Å². The van der Waals surface area contributed by atoms with Crippen LogP contribution in [0.1, 0.15) is 27.8 Å². The summed E-state index contributed by atoms with van der Waals surface area (Å²) in [5.41, 5.74) is 12.5. The number of rotatable bonds is 3. The Kier molecular flexibility index (Phi) is 3.34. The number of hydrogen-bond acceptors (Lipinski definition) is 6. The largest absolute Gasteiger partial charge is 0.478 e. The lowest BCUT2D eigenvalue weighted by Gasteiger charge is -2.08. The summed E-state index contributed by atoms with van der Waals surface area (Å²) in [5, 5.41) is 8.83. The Morgan fingerprint density at radius 1 is 1.05 bits per heavy atom. The van der Waals surface area contributed by atoms with Gasteiger partial charge in [-0.15, -0.1) is 0 Å². The summed E-state index contributed by atoms with van der Waals surface area (Å²) in [6, 6.07) is 5.95. The molecular weight excluding hydrogens is 260 g/mol. The van der Waals surface area contributed by atoms with Gasteiger partial charge in [0.15, 0.2) is 23.1 Å². The number of benzene rings is 1. The van der Waals surface area contributed by atoms with E-state index in [2.05, 4.69) is 9.97 Å². The Bertz CT molecular complexity index is 696. The standard InChI is InChI=1S/C13H12N4O3/c1-6(18)9-11(14)17-10(12(15)16-9)7-2-4-8(5-3-7)13(19)20/h2-5H,1H3,(H2,14,17)(H2,15,16)(H,19,20). The minimum absolute atomic E-state index is 0.0102. The number of carboxylic acids is 1. The Hall–Kier alpha value is -2.96. The maximum absolute atomic E-state index is 11.3. The Balaban J connectivity index is 2.50. The molecule has 1 aromatic heterocycles. The summed E-state index contributed by atoms with van der Waals surface area (Å²) in [6.07, 6.45) is 0. The zero-order valence-corrected chi connectivity index (χ0v) is 10.6. The molecule has 0 amide bonds. The van der Waals surface area contributed by atoms with E-state index in [9.17, 15) is 9.59 Å². The zero-order chi connectivity index (χ0) is 14.9. The van der Waals surface area contributed by atoms with Gasteiger partial charge in [-0.25, -0.2) is 14.8 Å². The molecule has 0 fully saturated rings. The van der Waals surface area contributed by atoms with Crippen LogP contribution in [0.4, 0.5) is 11.6 Å². The molecule has 2 aromatic rings. The van der Waals surface area contributed by atoms with Crippen LogP contribution in [0.25, 0.3) is 11.3 Å². The number of carbonyl (C=O) groups is 2. The van der Waals surface area contributed by atoms with Gasteiger partial charge in [0, 0.05) is 12.5 Å². The van der Waals surface area contributed by atoms with Gasteiger partial charge in [0.2, 0.25) is 0 Å². The molecule has 0 saturated carbocycles. The normalized spacial score (nSPS) is 10.2. The van der Waals surface area contributed by atoms with Gasteiger partial charge in [0.1, 0.15) is 5.69 Å². The fourth-order valence-electron chi connectivity index (χ4n) is 1.70. The van der Waals surface area contributed by atoms with Gasteiger partial charge in [-0.2, -0.15) is 0 Å². The van der Waals surface area contributed by atoms with Gasteiger partial charge in [-0.3, -0.25) is 4.79 Å². The molecule has 1 heterocycles. The van der Waals surface area contributed by atoms with Crippen molar-refractivity contribution in [2.24, 2.45) is 0 Å². The monoisotopic (exact) mass is 272 g/mol. The van der Waals surface area contributed by atoms with Crippen LogP contribution in [-0.2, 0) is 0 Å². The quantitative estimate of drug-likeness (QED) is 0.715. The molecule has 5 N–H and O–H groups in total. The number of Topliss-reactive ketones (excluding diaryl/α,β-unsaturated/α-hetero) is 1. The van der Waals surface area contributed by atoms with Crippen molar-refractivity contribution in [3.63, 3.8) is 0 Å². The number of ketones is 1. The molecule has 7 nitrogen and oxygen atoms in total. The van der Waals surface area contributed by atoms with Crippen LogP contribution < -0.4 is 11.5 Å². The second kappa shape index (κ2) is 4.96. The molecule has 0 saturated heterocycles. The SMILES string of the molecule is CC(=O)c1nc(N)c(-c2ccc(C(=O)O)cc2)nc1N. The average Bonchev–Trinajstić information content (AvgIpc) is 2.40. The first-order valence-corrected chi connectivity index (χ1v) is 5.67. The van der Waals surface area contributed by atoms with Gasteiger partial charge in [0.05, 0.1) is 5.56 Å². The summed E-state index contributed by atoms with van der Waals surface area (Å²) in [7, 11) is 0. The molecule has 1 aromatic carbocycles. The molecule has 0 unspecified atom stereocenters. The first kappa shape index (κ1) is 13.5. The molecule has 20 heavy (non-hydrogen) atoms. The second-order valence-electron chi connectivity index (χ2n) is 4.13. The average molecular weight is 272 g/mol. The van der Waals surface area contributed by atoms with Gasteiger partial charge >= 0.3 is 5.97 Å². The van der Waals surface area contributed by atoms with Crippen LogP contribution in [0.2, 0.25) is 0 Å². The smallest absolute Gasteiger partial charge is 0.335 e. The third-order valence-corrected chi connectivity index (χ3v) is 2.69. The van der Waals surface area contributed by atoms with E-state index in [0.717, 1.165) is 0 Å². The minimum atomic E-state index is -1.03. The van der Waals surface area contributed by atoms with Crippen molar-refractivity contribution < 1.29 is 14.7 Å². The molecule has 7 heteroatoms. The Morgan fingerprint density at radius 3 is 2.15 bits per heavy atom. The summed E-state index contributed by atoms with van der Waals surface area (Å²) < 4.78 is 0. The number of carbonyl (C=O) groups excluding carboxylic acids is 1. The highest BCUT2D eigenvalue weighted by molar-refractivity contribution is 5.97. The number of carboxylic acid groups (broad SMARTS) is 1. The lowest BCUT2D eigenvalue weighted by atomic mass is 10.1. The fourth-order valence-corrected chi connectivity index (χ4v) is 1.70. The highest BCUT2D eigenvalue weighted by Gasteiger charge is 2.14. The molecule has 0 spiro atoms. The molecular formula is C13H12N4O3. The molecule has 0 bridgehead atoms. The van der Waals surface area contributed by atoms with Crippen LogP contribution in [-0.4, -0.2) is 26.8 Å². The number of nitrogen functional groups attached to an aromatic ring is 2. The predicted molar refractivity (Wildman–Crippen MR) is 73.3 cm³/mol. The summed E-state index contributed by atoms with van der Waals surface area (Å²) >= 11 is 0. The fraction of sp³-hybridized carbons (Fsp3) is 0.0769. The molecule has 102 valence electrons. The summed E-state index contributed by atoms with van der Waals surface area (Å²) in [4.78, 5) is 30.1. The second-order valence-corrected chi connectivity index (χ2v) is 4.13. The van der Waals surface area contributed by atoms with Crippen molar-refractivity contribution in [2.45, 2.75) is 6.92 Å². The van der Waals surface area contributed by atoms with Gasteiger partial charge in [0.25, 0.3) is 0 Å². The molecule has 2 rings (SSSR count). The highest BCUT2D eigenvalue weighted by Crippen LogP contribution is 2.25. The van der Waals surface area contributed by atoms with Gasteiger partial charge in [-0.05, 0) is 12.1 Å². The van der Waals surface area contributed by atoms with Crippen molar-refractivity contribution in [1.29, 1.82) is 0 Å². The summed E-state index contributed by atoms with van der Waals surface area (Å²) in [5.74, 6) is -1.30. The molecule has 0 aliphatic carbocycles. The minimum Gasteiger partial charge on any atom is -0.478 e. The topological polar surface area (TPSA) is 132 Å². The van der Waals surface area contributed by atoms with E-state index >= 15 is 0 Å². The zero-order valence-electron chi connectivity index (χ0n) is 10.6. The lowest BCUT2D eigenvalue weighted by Crippen LogP contribution is -2.10. The Morgan fingerprint density at radius 2 is 1.65 bits per heavy atom. The number of hydrogen-bond donors (Lipinski definition) is 3. The number of aromatic carboxylic acids is 1. The van der Waals surface area contributed by atoms with E-state index in [-0.39, 0.29) is 28.7 Å². The van der Waals surface area contributed by atoms with Crippen molar-refractivity contribution in [1.82, 2.24) is 9.97 Å². The van der Waals surface area contributed by atoms with Crippen molar-refractivity contribution in [3.8, 4) is 11.3 Å². The summed E-state index contributed by atoms with van der Waals surface area (Å²) in [6.45, 7) is 1.32. The van der Waals surface area contributed by atoms with Gasteiger partial charge in [-0.1, -0.05) is 12.1 Å². The third kappa shape index (κ3) is 2.41. The first-order chi connectivity index (χ1) is 9.40. The first-order valence-electron chi connectivity index (χ1n) is 5.67.